The maximum absolute atomic E-state index is 12.9. The first kappa shape index (κ1) is 21.8. The molecular weight excluding hydrogens is 390 g/mol. The molecule has 0 fully saturated rings. The highest BCUT2D eigenvalue weighted by molar-refractivity contribution is 5.80. The van der Waals surface area contributed by atoms with Gasteiger partial charge in [0.05, 0.1) is 5.69 Å². The fraction of sp³-hybridized carbons (Fsp3) is 0.240. The molecule has 6 nitrogen and oxygen atoms in total. The van der Waals surface area contributed by atoms with Crippen LogP contribution in [0.1, 0.15) is 31.2 Å². The lowest BCUT2D eigenvalue weighted by atomic mass is 10.0. The van der Waals surface area contributed by atoms with Crippen LogP contribution in [0.4, 0.5) is 5.69 Å². The minimum absolute atomic E-state index is 0.0474. The van der Waals surface area contributed by atoms with Gasteiger partial charge in [0.25, 0.3) is 0 Å². The molecule has 0 bridgehead atoms. The van der Waals surface area contributed by atoms with E-state index in [1.807, 2.05) is 69.3 Å². The number of benzene rings is 2. The van der Waals surface area contributed by atoms with Crippen LogP contribution in [0, 0.1) is 24.2 Å². The normalized spacial score (nSPS) is 12.5. The Morgan fingerprint density at radius 1 is 1.00 bits per heavy atom. The van der Waals surface area contributed by atoms with E-state index in [4.69, 9.17) is 9.47 Å². The average Bonchev–Trinajstić information content (AvgIpc) is 2.77. The molecule has 0 aliphatic heterocycles. The number of anilines is 1. The number of aromatic nitrogens is 1. The van der Waals surface area contributed by atoms with E-state index in [0.717, 1.165) is 11.3 Å². The van der Waals surface area contributed by atoms with Crippen LogP contribution >= 0.6 is 0 Å². The number of hydrogen-bond acceptors (Lipinski definition) is 6. The van der Waals surface area contributed by atoms with Gasteiger partial charge in [0.1, 0.15) is 17.9 Å². The molecule has 3 aromatic rings. The van der Waals surface area contributed by atoms with E-state index in [-0.39, 0.29) is 5.92 Å². The highest BCUT2D eigenvalue weighted by Gasteiger charge is 2.28. The number of pyridine rings is 1. The second-order valence-electron chi connectivity index (χ2n) is 7.49. The number of nitrogens with zero attached hydrogens (tertiary/aromatic N) is 2. The van der Waals surface area contributed by atoms with Crippen LogP contribution in [0.2, 0.25) is 0 Å². The molecule has 158 valence electrons. The van der Waals surface area contributed by atoms with Crippen LogP contribution in [0.3, 0.4) is 0 Å². The molecule has 0 aliphatic carbocycles. The van der Waals surface area contributed by atoms with Crippen molar-refractivity contribution in [1.82, 2.24) is 4.98 Å². The summed E-state index contributed by atoms with van der Waals surface area (Å²) in [5, 5.41) is 12.8. The Kier molecular flexibility index (Phi) is 7.23. The van der Waals surface area contributed by atoms with Gasteiger partial charge in [-0.15, -0.1) is 0 Å². The van der Waals surface area contributed by atoms with Crippen molar-refractivity contribution in [3.8, 4) is 17.7 Å². The Hall–Kier alpha value is -3.85. The van der Waals surface area contributed by atoms with Crippen LogP contribution in [0.5, 0.6) is 11.6 Å². The molecule has 2 aromatic carbocycles. The summed E-state index contributed by atoms with van der Waals surface area (Å²) in [6.45, 7) is 5.83. The Morgan fingerprint density at radius 2 is 1.71 bits per heavy atom. The van der Waals surface area contributed by atoms with Gasteiger partial charge in [0.15, 0.2) is 0 Å². The summed E-state index contributed by atoms with van der Waals surface area (Å²) in [5.74, 6) is 0.380. The first-order valence-corrected chi connectivity index (χ1v) is 10.1. The second kappa shape index (κ2) is 10.3. The van der Waals surface area contributed by atoms with Crippen LogP contribution < -0.4 is 10.1 Å². The van der Waals surface area contributed by atoms with Crippen molar-refractivity contribution >= 4 is 11.7 Å². The van der Waals surface area contributed by atoms with Gasteiger partial charge >= 0.3 is 5.97 Å². The molecule has 0 amide bonds. The number of carbonyl (C=O) groups excluding carboxylic acids is 1. The second-order valence-corrected chi connectivity index (χ2v) is 7.49. The molecule has 2 unspecified atom stereocenters. The molecule has 0 radical (unpaired) electrons. The van der Waals surface area contributed by atoms with Crippen LogP contribution in [-0.4, -0.2) is 17.0 Å². The Bertz CT molecular complexity index is 1040. The third-order valence-corrected chi connectivity index (χ3v) is 4.62. The maximum Gasteiger partial charge on any atom is 0.330 e. The number of nitriles is 1. The Balaban J connectivity index is 1.73. The van der Waals surface area contributed by atoms with Gasteiger partial charge in [0, 0.05) is 11.8 Å². The number of rotatable bonds is 8. The zero-order valence-electron chi connectivity index (χ0n) is 17.8. The number of hydrogen-bond donors (Lipinski definition) is 1. The fourth-order valence-electron chi connectivity index (χ4n) is 2.91. The third kappa shape index (κ3) is 6.06. The van der Waals surface area contributed by atoms with Crippen molar-refractivity contribution in [2.24, 2.45) is 5.92 Å². The first-order chi connectivity index (χ1) is 15.0. The largest absolute Gasteiger partial charge is 0.439 e. The number of carbonyl (C=O) groups is 1. The highest BCUT2D eigenvalue weighted by atomic mass is 16.5. The van der Waals surface area contributed by atoms with E-state index in [0.29, 0.717) is 17.3 Å². The number of esters is 1. The van der Waals surface area contributed by atoms with Crippen molar-refractivity contribution in [2.45, 2.75) is 32.9 Å². The van der Waals surface area contributed by atoms with Crippen molar-refractivity contribution in [3.63, 3.8) is 0 Å². The van der Waals surface area contributed by atoms with Gasteiger partial charge in [-0.3, -0.25) is 0 Å². The predicted octanol–water partition coefficient (Wildman–Crippen LogP) is 5.43. The molecule has 1 heterocycles. The topological polar surface area (TPSA) is 84.2 Å². The summed E-state index contributed by atoms with van der Waals surface area (Å²) in [6, 6.07) is 23.4. The lowest BCUT2D eigenvalue weighted by Gasteiger charge is -2.23. The number of para-hydroxylation sites is 1. The van der Waals surface area contributed by atoms with Crippen molar-refractivity contribution < 1.29 is 14.3 Å². The SMILES string of the molecule is Cc1ccc(NC(C(=O)OC(C#N)c2cccc(Oc3ccccc3)n2)C(C)C)cc1. The quantitative estimate of drug-likeness (QED) is 0.494. The molecule has 1 N–H and O–H groups in total. The molecule has 2 atom stereocenters. The van der Waals surface area contributed by atoms with Crippen LogP contribution in [0.25, 0.3) is 0 Å². The molecular formula is C25H25N3O3. The van der Waals surface area contributed by atoms with Crippen LogP contribution in [-0.2, 0) is 9.53 Å². The number of aryl methyl sites for hydroxylation is 1. The highest BCUT2D eigenvalue weighted by Crippen LogP contribution is 2.24. The summed E-state index contributed by atoms with van der Waals surface area (Å²) in [4.78, 5) is 17.2. The lowest BCUT2D eigenvalue weighted by Crippen LogP contribution is -2.36. The Labute approximate surface area is 182 Å². The zero-order chi connectivity index (χ0) is 22.2. The fourth-order valence-corrected chi connectivity index (χ4v) is 2.91. The summed E-state index contributed by atoms with van der Waals surface area (Å²) in [5.41, 5.74) is 2.25. The van der Waals surface area contributed by atoms with Gasteiger partial charge in [0.2, 0.25) is 12.0 Å². The van der Waals surface area contributed by atoms with Gasteiger partial charge in [-0.05, 0) is 43.2 Å². The van der Waals surface area contributed by atoms with E-state index < -0.39 is 18.1 Å². The third-order valence-electron chi connectivity index (χ3n) is 4.62. The number of nitrogens with one attached hydrogen (secondary N) is 1. The molecule has 6 heteroatoms. The monoisotopic (exact) mass is 415 g/mol. The van der Waals surface area contributed by atoms with Gasteiger partial charge < -0.3 is 14.8 Å². The standard InChI is InChI=1S/C25H25N3O3/c1-17(2)24(27-19-14-12-18(3)13-15-19)25(29)31-22(16-26)21-10-7-11-23(28-21)30-20-8-5-4-6-9-20/h4-15,17,22,24,27H,1-3H3. The van der Waals surface area contributed by atoms with Gasteiger partial charge in [-0.25, -0.2) is 9.78 Å². The van der Waals surface area contributed by atoms with E-state index in [1.54, 1.807) is 30.3 Å². The first-order valence-electron chi connectivity index (χ1n) is 10.1. The summed E-state index contributed by atoms with van der Waals surface area (Å²) < 4.78 is 11.2. The van der Waals surface area contributed by atoms with E-state index in [1.165, 1.54) is 0 Å². The molecule has 0 spiro atoms. The van der Waals surface area contributed by atoms with Crippen molar-refractivity contribution in [3.05, 3.63) is 84.1 Å². The smallest absolute Gasteiger partial charge is 0.330 e. The molecule has 3 rings (SSSR count). The van der Waals surface area contributed by atoms with E-state index in [2.05, 4.69) is 10.3 Å². The molecule has 1 aromatic heterocycles. The maximum atomic E-state index is 12.9. The minimum atomic E-state index is -1.15. The average molecular weight is 415 g/mol. The summed E-state index contributed by atoms with van der Waals surface area (Å²) in [7, 11) is 0. The minimum Gasteiger partial charge on any atom is -0.439 e. The molecule has 0 saturated carbocycles. The van der Waals surface area contributed by atoms with E-state index >= 15 is 0 Å². The predicted molar refractivity (Wildman–Crippen MR) is 119 cm³/mol. The summed E-state index contributed by atoms with van der Waals surface area (Å²) >= 11 is 0. The molecule has 31 heavy (non-hydrogen) atoms. The van der Waals surface area contributed by atoms with Gasteiger partial charge in [-0.2, -0.15) is 5.26 Å². The molecule has 0 saturated heterocycles. The number of ether oxygens (including phenoxy) is 2. The summed E-state index contributed by atoms with van der Waals surface area (Å²) in [6.07, 6.45) is -1.15. The zero-order valence-corrected chi connectivity index (χ0v) is 17.8. The van der Waals surface area contributed by atoms with Crippen LogP contribution in [0.15, 0.2) is 72.8 Å². The Morgan fingerprint density at radius 3 is 2.35 bits per heavy atom. The van der Waals surface area contributed by atoms with E-state index in [9.17, 15) is 10.1 Å². The molecule has 0 aliphatic rings. The van der Waals surface area contributed by atoms with Gasteiger partial charge in [-0.1, -0.05) is 55.8 Å². The van der Waals surface area contributed by atoms with Crippen molar-refractivity contribution in [1.29, 1.82) is 5.26 Å². The van der Waals surface area contributed by atoms with Crippen molar-refractivity contribution in [2.75, 3.05) is 5.32 Å². The lowest BCUT2D eigenvalue weighted by molar-refractivity contribution is -0.149.